The molecule has 0 aliphatic heterocycles. The molecule has 1 aromatic heterocycles. The van der Waals surface area contributed by atoms with Crippen LogP contribution in [0.2, 0.25) is 0 Å². The summed E-state index contributed by atoms with van der Waals surface area (Å²) in [6.07, 6.45) is 1.95. The van der Waals surface area contributed by atoms with Crippen LogP contribution < -0.4 is 10.6 Å². The summed E-state index contributed by atoms with van der Waals surface area (Å²) in [5.74, 6) is 0. The second kappa shape index (κ2) is 5.71. The van der Waals surface area contributed by atoms with Crippen LogP contribution in [0.4, 0.5) is 5.69 Å². The molecule has 0 amide bonds. The molecular weight excluding hydrogens is 186 g/mol. The first-order chi connectivity index (χ1) is 7.13. The van der Waals surface area contributed by atoms with E-state index in [1.807, 2.05) is 13.1 Å². The van der Waals surface area contributed by atoms with Crippen molar-refractivity contribution < 1.29 is 0 Å². The normalized spacial score (nSPS) is 10.7. The van der Waals surface area contributed by atoms with Crippen LogP contribution in [-0.4, -0.2) is 17.6 Å². The number of hydrogen-bond donors (Lipinski definition) is 2. The van der Waals surface area contributed by atoms with Gasteiger partial charge in [-0.15, -0.1) is 0 Å². The van der Waals surface area contributed by atoms with Crippen molar-refractivity contribution in [3.05, 3.63) is 23.5 Å². The van der Waals surface area contributed by atoms with E-state index < -0.39 is 0 Å². The maximum Gasteiger partial charge on any atom is 0.0421 e. The lowest BCUT2D eigenvalue weighted by molar-refractivity contribution is 0.723. The van der Waals surface area contributed by atoms with Gasteiger partial charge in [0.15, 0.2) is 0 Å². The number of anilines is 1. The SMILES string of the molecule is CCNCc1cnc(C)cc1NC(C)C. The standard InChI is InChI=1S/C12H21N3/c1-5-13-7-11-8-14-10(4)6-12(11)15-9(2)3/h6,8-9,13H,5,7H2,1-4H3,(H,14,15). The van der Waals surface area contributed by atoms with Gasteiger partial charge in [0, 0.05) is 35.7 Å². The van der Waals surface area contributed by atoms with Crippen LogP contribution >= 0.6 is 0 Å². The summed E-state index contributed by atoms with van der Waals surface area (Å²) in [6.45, 7) is 10.3. The topological polar surface area (TPSA) is 37.0 Å². The molecule has 84 valence electrons. The van der Waals surface area contributed by atoms with Crippen molar-refractivity contribution in [1.29, 1.82) is 0 Å². The zero-order valence-electron chi connectivity index (χ0n) is 10.1. The van der Waals surface area contributed by atoms with E-state index >= 15 is 0 Å². The van der Waals surface area contributed by atoms with Crippen molar-refractivity contribution in [3.8, 4) is 0 Å². The number of nitrogens with zero attached hydrogens (tertiary/aromatic N) is 1. The van der Waals surface area contributed by atoms with Gasteiger partial charge in [-0.2, -0.15) is 0 Å². The van der Waals surface area contributed by atoms with Crippen LogP contribution in [0.5, 0.6) is 0 Å². The van der Waals surface area contributed by atoms with Gasteiger partial charge < -0.3 is 10.6 Å². The molecule has 0 aromatic carbocycles. The maximum atomic E-state index is 4.32. The molecule has 0 radical (unpaired) electrons. The first-order valence-corrected chi connectivity index (χ1v) is 5.56. The molecule has 2 N–H and O–H groups in total. The van der Waals surface area contributed by atoms with Gasteiger partial charge >= 0.3 is 0 Å². The van der Waals surface area contributed by atoms with Crippen LogP contribution in [0.3, 0.4) is 0 Å². The Hall–Kier alpha value is -1.09. The Balaban J connectivity index is 2.82. The second-order valence-corrected chi connectivity index (χ2v) is 4.06. The van der Waals surface area contributed by atoms with Crippen molar-refractivity contribution in [2.24, 2.45) is 0 Å². The number of aryl methyl sites for hydroxylation is 1. The van der Waals surface area contributed by atoms with Crippen molar-refractivity contribution in [3.63, 3.8) is 0 Å². The molecule has 0 atom stereocenters. The largest absolute Gasteiger partial charge is 0.383 e. The van der Waals surface area contributed by atoms with Gasteiger partial charge in [-0.05, 0) is 33.4 Å². The van der Waals surface area contributed by atoms with Crippen molar-refractivity contribution >= 4 is 5.69 Å². The molecule has 3 nitrogen and oxygen atoms in total. The average Bonchev–Trinajstić information content (AvgIpc) is 2.16. The third kappa shape index (κ3) is 3.88. The van der Waals surface area contributed by atoms with Crippen LogP contribution in [0, 0.1) is 6.92 Å². The Labute approximate surface area is 92.3 Å². The summed E-state index contributed by atoms with van der Waals surface area (Å²) in [6, 6.07) is 2.55. The molecule has 0 spiro atoms. The van der Waals surface area contributed by atoms with Gasteiger partial charge in [-0.1, -0.05) is 6.92 Å². The molecule has 1 rings (SSSR count). The Morgan fingerprint density at radius 1 is 1.40 bits per heavy atom. The van der Waals surface area contributed by atoms with Gasteiger partial charge in [0.05, 0.1) is 0 Å². The summed E-state index contributed by atoms with van der Waals surface area (Å²) in [5, 5.41) is 6.76. The summed E-state index contributed by atoms with van der Waals surface area (Å²) < 4.78 is 0. The first-order valence-electron chi connectivity index (χ1n) is 5.56. The number of rotatable bonds is 5. The lowest BCUT2D eigenvalue weighted by atomic mass is 10.2. The summed E-state index contributed by atoms with van der Waals surface area (Å²) >= 11 is 0. The minimum atomic E-state index is 0.451. The van der Waals surface area contributed by atoms with E-state index in [0.717, 1.165) is 18.8 Å². The van der Waals surface area contributed by atoms with Crippen LogP contribution in [-0.2, 0) is 6.54 Å². The molecule has 0 unspecified atom stereocenters. The Kier molecular flexibility index (Phi) is 4.56. The maximum absolute atomic E-state index is 4.32. The molecule has 3 heteroatoms. The predicted molar refractivity (Wildman–Crippen MR) is 65.1 cm³/mol. The summed E-state index contributed by atoms with van der Waals surface area (Å²) in [7, 11) is 0. The van der Waals surface area contributed by atoms with Crippen molar-refractivity contribution in [1.82, 2.24) is 10.3 Å². The highest BCUT2D eigenvalue weighted by Gasteiger charge is 2.04. The predicted octanol–water partition coefficient (Wildman–Crippen LogP) is 2.32. The molecule has 0 aliphatic carbocycles. The Bertz CT molecular complexity index is 308. The minimum Gasteiger partial charge on any atom is -0.383 e. The van der Waals surface area contributed by atoms with E-state index in [-0.39, 0.29) is 0 Å². The van der Waals surface area contributed by atoms with Gasteiger partial charge in [-0.25, -0.2) is 0 Å². The number of hydrogen-bond acceptors (Lipinski definition) is 3. The van der Waals surface area contributed by atoms with E-state index in [9.17, 15) is 0 Å². The van der Waals surface area contributed by atoms with E-state index in [1.165, 1.54) is 11.3 Å². The second-order valence-electron chi connectivity index (χ2n) is 4.06. The number of aromatic nitrogens is 1. The molecule has 0 aliphatic rings. The lowest BCUT2D eigenvalue weighted by Crippen LogP contribution is -2.17. The number of pyridine rings is 1. The summed E-state index contributed by atoms with van der Waals surface area (Å²) in [4.78, 5) is 4.32. The molecule has 0 bridgehead atoms. The highest BCUT2D eigenvalue weighted by molar-refractivity contribution is 5.51. The zero-order chi connectivity index (χ0) is 11.3. The quantitative estimate of drug-likeness (QED) is 0.778. The molecule has 15 heavy (non-hydrogen) atoms. The third-order valence-corrected chi connectivity index (χ3v) is 2.13. The van der Waals surface area contributed by atoms with Crippen LogP contribution in [0.1, 0.15) is 32.0 Å². The van der Waals surface area contributed by atoms with E-state index in [1.54, 1.807) is 0 Å². The highest BCUT2D eigenvalue weighted by atomic mass is 14.9. The van der Waals surface area contributed by atoms with Gasteiger partial charge in [-0.3, -0.25) is 4.98 Å². The Morgan fingerprint density at radius 2 is 2.13 bits per heavy atom. The third-order valence-electron chi connectivity index (χ3n) is 2.13. The molecular formula is C12H21N3. The first kappa shape index (κ1) is 12.0. The molecule has 0 saturated carbocycles. The Morgan fingerprint density at radius 3 is 2.73 bits per heavy atom. The lowest BCUT2D eigenvalue weighted by Gasteiger charge is -2.15. The van der Waals surface area contributed by atoms with Crippen molar-refractivity contribution in [2.75, 3.05) is 11.9 Å². The zero-order valence-corrected chi connectivity index (χ0v) is 10.1. The van der Waals surface area contributed by atoms with Gasteiger partial charge in [0.1, 0.15) is 0 Å². The monoisotopic (exact) mass is 207 g/mol. The molecule has 1 heterocycles. The smallest absolute Gasteiger partial charge is 0.0421 e. The van der Waals surface area contributed by atoms with E-state index in [4.69, 9.17) is 0 Å². The van der Waals surface area contributed by atoms with E-state index in [2.05, 4.69) is 42.5 Å². The van der Waals surface area contributed by atoms with Gasteiger partial charge in [0.2, 0.25) is 0 Å². The van der Waals surface area contributed by atoms with Gasteiger partial charge in [0.25, 0.3) is 0 Å². The molecule has 1 aromatic rings. The highest BCUT2D eigenvalue weighted by Crippen LogP contribution is 2.16. The minimum absolute atomic E-state index is 0.451. The molecule has 0 fully saturated rings. The van der Waals surface area contributed by atoms with Crippen LogP contribution in [0.15, 0.2) is 12.3 Å². The average molecular weight is 207 g/mol. The molecule has 0 saturated heterocycles. The van der Waals surface area contributed by atoms with E-state index in [0.29, 0.717) is 6.04 Å². The fourth-order valence-corrected chi connectivity index (χ4v) is 1.43. The number of nitrogens with one attached hydrogen (secondary N) is 2. The summed E-state index contributed by atoms with van der Waals surface area (Å²) in [5.41, 5.74) is 3.48. The fraction of sp³-hybridized carbons (Fsp3) is 0.583. The fourth-order valence-electron chi connectivity index (χ4n) is 1.43. The van der Waals surface area contributed by atoms with Crippen LogP contribution in [0.25, 0.3) is 0 Å². The van der Waals surface area contributed by atoms with Crippen molar-refractivity contribution in [2.45, 2.75) is 40.3 Å².